The number of aliphatic hydroxyl groups is 1. The highest BCUT2D eigenvalue weighted by atomic mass is 16.5. The topological polar surface area (TPSA) is 55.5 Å². The lowest BCUT2D eigenvalue weighted by Gasteiger charge is -2.35. The van der Waals surface area contributed by atoms with Gasteiger partial charge in [0, 0.05) is 5.54 Å². The van der Waals surface area contributed by atoms with Crippen LogP contribution in [0.5, 0.6) is 5.75 Å². The minimum Gasteiger partial charge on any atom is -0.494 e. The van der Waals surface area contributed by atoms with E-state index in [1.54, 1.807) is 0 Å². The van der Waals surface area contributed by atoms with Crippen molar-refractivity contribution >= 4 is 0 Å². The van der Waals surface area contributed by atoms with Crippen LogP contribution in [0.25, 0.3) is 0 Å². The van der Waals surface area contributed by atoms with Crippen molar-refractivity contribution < 1.29 is 9.84 Å². The van der Waals surface area contributed by atoms with Gasteiger partial charge < -0.3 is 15.6 Å². The van der Waals surface area contributed by atoms with Crippen LogP contribution in [0.2, 0.25) is 0 Å². The van der Waals surface area contributed by atoms with E-state index in [9.17, 15) is 5.11 Å². The van der Waals surface area contributed by atoms with E-state index in [0.717, 1.165) is 55.8 Å². The molecule has 0 heterocycles. The van der Waals surface area contributed by atoms with E-state index in [2.05, 4.69) is 45.0 Å². The Morgan fingerprint density at radius 2 is 1.76 bits per heavy atom. The average molecular weight is 404 g/mol. The standard InChI is InChI=1S/C26H45NO2/c1-21(2)7-4-8-22(3)9-6-18-29-25-14-12-23(13-15-25)16-17-26(27,20-28)19-24-10-5-11-24/h12-15,21-22,24,28H,4-11,16-20,27H2,1-3H3/t22?,26-/m0/s1. The first-order chi connectivity index (χ1) is 13.9. The molecule has 1 aliphatic carbocycles. The summed E-state index contributed by atoms with van der Waals surface area (Å²) in [5.41, 5.74) is 7.31. The summed E-state index contributed by atoms with van der Waals surface area (Å²) in [6, 6.07) is 8.44. The number of aliphatic hydroxyl groups excluding tert-OH is 1. The summed E-state index contributed by atoms with van der Waals surface area (Å²) in [6.07, 6.45) is 13.0. The quantitative estimate of drug-likeness (QED) is 0.347. The van der Waals surface area contributed by atoms with Crippen LogP contribution in [0.1, 0.15) is 90.5 Å². The van der Waals surface area contributed by atoms with Crippen molar-refractivity contribution in [3.8, 4) is 5.75 Å². The fraction of sp³-hybridized carbons (Fsp3) is 0.769. The Morgan fingerprint density at radius 3 is 2.34 bits per heavy atom. The molecule has 0 saturated heterocycles. The van der Waals surface area contributed by atoms with Crippen LogP contribution in [0.4, 0.5) is 0 Å². The number of hydrogen-bond acceptors (Lipinski definition) is 3. The normalized spacial score (nSPS) is 17.7. The molecule has 3 heteroatoms. The van der Waals surface area contributed by atoms with Crippen LogP contribution in [-0.4, -0.2) is 23.9 Å². The van der Waals surface area contributed by atoms with Gasteiger partial charge in [-0.25, -0.2) is 0 Å². The summed E-state index contributed by atoms with van der Waals surface area (Å²) in [5, 5.41) is 9.76. The Balaban J connectivity index is 1.62. The molecule has 1 aromatic carbocycles. The molecule has 2 atom stereocenters. The predicted octanol–water partition coefficient (Wildman–Crippen LogP) is 6.12. The number of rotatable bonds is 15. The lowest BCUT2D eigenvalue weighted by molar-refractivity contribution is 0.135. The zero-order chi connectivity index (χ0) is 21.1. The highest BCUT2D eigenvalue weighted by molar-refractivity contribution is 5.27. The molecule has 1 aliphatic rings. The summed E-state index contributed by atoms with van der Waals surface area (Å²) >= 11 is 0. The first kappa shape index (κ1) is 24.2. The van der Waals surface area contributed by atoms with Crippen molar-refractivity contribution in [2.75, 3.05) is 13.2 Å². The molecule has 2 rings (SSSR count). The van der Waals surface area contributed by atoms with Crippen molar-refractivity contribution in [1.82, 2.24) is 0 Å². The van der Waals surface area contributed by atoms with Gasteiger partial charge in [0.25, 0.3) is 0 Å². The van der Waals surface area contributed by atoms with Gasteiger partial charge in [-0.2, -0.15) is 0 Å². The molecule has 29 heavy (non-hydrogen) atoms. The molecule has 1 fully saturated rings. The first-order valence-electron chi connectivity index (χ1n) is 12.0. The van der Waals surface area contributed by atoms with Gasteiger partial charge >= 0.3 is 0 Å². The van der Waals surface area contributed by atoms with Gasteiger partial charge in [-0.15, -0.1) is 0 Å². The van der Waals surface area contributed by atoms with Gasteiger partial charge in [0.05, 0.1) is 13.2 Å². The monoisotopic (exact) mass is 403 g/mol. The third-order valence-corrected chi connectivity index (χ3v) is 6.66. The molecule has 1 aromatic rings. The lowest BCUT2D eigenvalue weighted by atomic mass is 9.75. The fourth-order valence-electron chi connectivity index (χ4n) is 4.30. The predicted molar refractivity (Wildman–Crippen MR) is 123 cm³/mol. The number of nitrogens with two attached hydrogens (primary N) is 1. The molecule has 0 spiro atoms. The average Bonchev–Trinajstić information content (AvgIpc) is 2.67. The molecule has 1 saturated carbocycles. The van der Waals surface area contributed by atoms with Crippen LogP contribution in [0.3, 0.4) is 0 Å². The minimum atomic E-state index is -0.424. The molecule has 0 aromatic heterocycles. The highest BCUT2D eigenvalue weighted by Gasteiger charge is 2.30. The molecule has 3 nitrogen and oxygen atoms in total. The van der Waals surface area contributed by atoms with Crippen LogP contribution in [-0.2, 0) is 6.42 Å². The molecule has 166 valence electrons. The second kappa shape index (κ2) is 12.6. The zero-order valence-corrected chi connectivity index (χ0v) is 19.2. The van der Waals surface area contributed by atoms with E-state index < -0.39 is 5.54 Å². The smallest absolute Gasteiger partial charge is 0.119 e. The third-order valence-electron chi connectivity index (χ3n) is 6.66. The maximum absolute atomic E-state index is 9.76. The Morgan fingerprint density at radius 1 is 1.07 bits per heavy atom. The molecule has 0 radical (unpaired) electrons. The Hall–Kier alpha value is -1.06. The maximum Gasteiger partial charge on any atom is 0.119 e. The second-order valence-electron chi connectivity index (χ2n) is 10.1. The van der Waals surface area contributed by atoms with Crippen molar-refractivity contribution in [2.24, 2.45) is 23.5 Å². The van der Waals surface area contributed by atoms with Crippen molar-refractivity contribution in [2.45, 2.75) is 96.9 Å². The van der Waals surface area contributed by atoms with E-state index in [1.807, 2.05) is 0 Å². The highest BCUT2D eigenvalue weighted by Crippen LogP contribution is 2.34. The lowest BCUT2D eigenvalue weighted by Crippen LogP contribution is -2.46. The first-order valence-corrected chi connectivity index (χ1v) is 12.0. The van der Waals surface area contributed by atoms with Crippen LogP contribution >= 0.6 is 0 Å². The van der Waals surface area contributed by atoms with Gasteiger partial charge in [0.15, 0.2) is 0 Å². The van der Waals surface area contributed by atoms with Gasteiger partial charge in [0.2, 0.25) is 0 Å². The summed E-state index contributed by atoms with van der Waals surface area (Å²) in [5.74, 6) is 3.29. The van der Waals surface area contributed by atoms with Crippen LogP contribution < -0.4 is 10.5 Å². The summed E-state index contributed by atoms with van der Waals surface area (Å²) in [6.45, 7) is 7.85. The molecule has 0 bridgehead atoms. The van der Waals surface area contributed by atoms with Crippen molar-refractivity contribution in [3.05, 3.63) is 29.8 Å². The van der Waals surface area contributed by atoms with Crippen LogP contribution in [0.15, 0.2) is 24.3 Å². The van der Waals surface area contributed by atoms with E-state index in [0.29, 0.717) is 0 Å². The van der Waals surface area contributed by atoms with Gasteiger partial charge in [-0.1, -0.05) is 71.4 Å². The van der Waals surface area contributed by atoms with E-state index in [-0.39, 0.29) is 6.61 Å². The molecule has 0 aliphatic heterocycles. The van der Waals surface area contributed by atoms with Crippen molar-refractivity contribution in [3.63, 3.8) is 0 Å². The minimum absolute atomic E-state index is 0.0839. The summed E-state index contributed by atoms with van der Waals surface area (Å²) < 4.78 is 5.93. The summed E-state index contributed by atoms with van der Waals surface area (Å²) in [7, 11) is 0. The number of aryl methyl sites for hydroxylation is 1. The van der Waals surface area contributed by atoms with E-state index in [4.69, 9.17) is 10.5 Å². The summed E-state index contributed by atoms with van der Waals surface area (Å²) in [4.78, 5) is 0. The van der Waals surface area contributed by atoms with E-state index >= 15 is 0 Å². The fourth-order valence-corrected chi connectivity index (χ4v) is 4.30. The van der Waals surface area contributed by atoms with Gasteiger partial charge in [0.1, 0.15) is 5.75 Å². The Labute approximate surface area is 179 Å². The van der Waals surface area contributed by atoms with Crippen molar-refractivity contribution in [1.29, 1.82) is 0 Å². The molecular formula is C26H45NO2. The number of hydrogen-bond donors (Lipinski definition) is 2. The van der Waals surface area contributed by atoms with Gasteiger partial charge in [-0.05, 0) is 67.6 Å². The Kier molecular flexibility index (Phi) is 10.5. The van der Waals surface area contributed by atoms with Gasteiger partial charge in [-0.3, -0.25) is 0 Å². The van der Waals surface area contributed by atoms with Crippen LogP contribution in [0, 0.1) is 17.8 Å². The second-order valence-corrected chi connectivity index (χ2v) is 10.1. The number of benzene rings is 1. The third kappa shape index (κ3) is 9.53. The number of ether oxygens (including phenoxy) is 1. The SMILES string of the molecule is CC(C)CCCC(C)CCCOc1ccc(CC[C@@](N)(CO)CC2CCC2)cc1. The molecule has 3 N–H and O–H groups in total. The largest absolute Gasteiger partial charge is 0.494 e. The maximum atomic E-state index is 9.76. The molecule has 1 unspecified atom stereocenters. The molecular weight excluding hydrogens is 358 g/mol. The molecule has 0 amide bonds. The Bertz CT molecular complexity index is 552. The van der Waals surface area contributed by atoms with E-state index in [1.165, 1.54) is 50.5 Å². The zero-order valence-electron chi connectivity index (χ0n) is 19.2.